The third-order valence-electron chi connectivity index (χ3n) is 3.18. The minimum Gasteiger partial charge on any atom is -0.508 e. The molecule has 1 aliphatic carbocycles. The van der Waals surface area contributed by atoms with Gasteiger partial charge in [0.15, 0.2) is 11.5 Å². The van der Waals surface area contributed by atoms with Crippen LogP contribution in [0, 0.1) is 0 Å². The largest absolute Gasteiger partial charge is 0.508 e. The second kappa shape index (κ2) is 3.74. The summed E-state index contributed by atoms with van der Waals surface area (Å²) in [7, 11) is 0. The molecule has 2 aliphatic rings. The third-order valence-corrected chi connectivity index (χ3v) is 3.18. The van der Waals surface area contributed by atoms with Crippen LogP contribution in [0.4, 0.5) is 0 Å². The summed E-state index contributed by atoms with van der Waals surface area (Å²) in [5, 5.41) is 9.96. The summed E-state index contributed by atoms with van der Waals surface area (Å²) in [6.07, 6.45) is 7.75. The maximum absolute atomic E-state index is 9.96. The van der Waals surface area contributed by atoms with Crippen LogP contribution in [0.5, 0.6) is 17.2 Å². The van der Waals surface area contributed by atoms with Gasteiger partial charge in [0.2, 0.25) is 6.79 Å². The van der Waals surface area contributed by atoms with E-state index < -0.39 is 0 Å². The van der Waals surface area contributed by atoms with Gasteiger partial charge in [0.1, 0.15) is 5.75 Å². The lowest BCUT2D eigenvalue weighted by molar-refractivity contribution is 0.174. The van der Waals surface area contributed by atoms with Crippen LogP contribution in [0.15, 0.2) is 24.3 Å². The molecule has 1 aliphatic heterocycles. The SMILES string of the molecule is Oc1cc2c(cc1[C@H]1C=CCCC1)OCO2. The molecule has 0 aromatic heterocycles. The summed E-state index contributed by atoms with van der Waals surface area (Å²) >= 11 is 0. The van der Waals surface area contributed by atoms with E-state index in [9.17, 15) is 5.11 Å². The van der Waals surface area contributed by atoms with Crippen LogP contribution >= 0.6 is 0 Å². The summed E-state index contributed by atoms with van der Waals surface area (Å²) in [5.41, 5.74) is 0.945. The van der Waals surface area contributed by atoms with Gasteiger partial charge in [0.05, 0.1) is 0 Å². The van der Waals surface area contributed by atoms with Crippen molar-refractivity contribution in [1.82, 2.24) is 0 Å². The highest BCUT2D eigenvalue weighted by Gasteiger charge is 2.21. The number of rotatable bonds is 1. The van der Waals surface area contributed by atoms with Gasteiger partial charge in [-0.05, 0) is 25.3 Å². The first-order valence-electron chi connectivity index (χ1n) is 5.64. The first-order valence-corrected chi connectivity index (χ1v) is 5.64. The molecule has 0 unspecified atom stereocenters. The maximum atomic E-state index is 9.96. The van der Waals surface area contributed by atoms with Crippen LogP contribution in [-0.2, 0) is 0 Å². The molecule has 3 heteroatoms. The smallest absolute Gasteiger partial charge is 0.231 e. The zero-order valence-electron chi connectivity index (χ0n) is 8.98. The van der Waals surface area contributed by atoms with Gasteiger partial charge < -0.3 is 14.6 Å². The number of benzene rings is 1. The standard InChI is InChI=1S/C13H14O3/c14-11-7-13-12(15-8-16-13)6-10(11)9-4-2-1-3-5-9/h2,4,6-7,9,14H,1,3,5,8H2/t9-/m0/s1. The normalized spacial score (nSPS) is 22.4. The van der Waals surface area contributed by atoms with Gasteiger partial charge in [-0.3, -0.25) is 0 Å². The molecule has 16 heavy (non-hydrogen) atoms. The van der Waals surface area contributed by atoms with E-state index in [2.05, 4.69) is 12.2 Å². The Kier molecular flexibility index (Phi) is 2.24. The number of phenolic OH excluding ortho intramolecular Hbond substituents is 1. The van der Waals surface area contributed by atoms with Crippen LogP contribution in [0.3, 0.4) is 0 Å². The van der Waals surface area contributed by atoms with Gasteiger partial charge in [0, 0.05) is 17.5 Å². The van der Waals surface area contributed by atoms with Gasteiger partial charge in [-0.1, -0.05) is 12.2 Å². The van der Waals surface area contributed by atoms with Gasteiger partial charge >= 0.3 is 0 Å². The van der Waals surface area contributed by atoms with Crippen molar-refractivity contribution in [1.29, 1.82) is 0 Å². The molecule has 0 spiro atoms. The first-order chi connectivity index (χ1) is 7.84. The Hall–Kier alpha value is -1.64. The Morgan fingerprint density at radius 3 is 2.75 bits per heavy atom. The lowest BCUT2D eigenvalue weighted by Gasteiger charge is -2.18. The number of allylic oxidation sites excluding steroid dienone is 2. The lowest BCUT2D eigenvalue weighted by atomic mass is 9.88. The third kappa shape index (κ3) is 1.52. The fraction of sp³-hybridized carbons (Fsp3) is 0.385. The van der Waals surface area contributed by atoms with E-state index in [1.165, 1.54) is 6.42 Å². The number of hydrogen-bond acceptors (Lipinski definition) is 3. The monoisotopic (exact) mass is 218 g/mol. The van der Waals surface area contributed by atoms with Crippen molar-refractivity contribution < 1.29 is 14.6 Å². The Morgan fingerprint density at radius 1 is 1.19 bits per heavy atom. The van der Waals surface area contributed by atoms with Gasteiger partial charge in [0.25, 0.3) is 0 Å². The number of ether oxygens (including phenoxy) is 2. The predicted molar refractivity (Wildman–Crippen MR) is 60.0 cm³/mol. The number of fused-ring (bicyclic) bond motifs is 1. The Balaban J connectivity index is 2.00. The number of hydrogen-bond donors (Lipinski definition) is 1. The van der Waals surface area contributed by atoms with E-state index in [1.54, 1.807) is 6.07 Å². The zero-order valence-corrected chi connectivity index (χ0v) is 8.98. The van der Waals surface area contributed by atoms with E-state index in [0.717, 1.165) is 24.2 Å². The summed E-state index contributed by atoms with van der Waals surface area (Å²) in [6, 6.07) is 3.55. The molecule has 1 heterocycles. The van der Waals surface area contributed by atoms with Crippen molar-refractivity contribution in [3.05, 3.63) is 29.8 Å². The minimum atomic E-state index is 0.249. The van der Waals surface area contributed by atoms with E-state index in [4.69, 9.17) is 9.47 Å². The van der Waals surface area contributed by atoms with Crippen molar-refractivity contribution in [3.8, 4) is 17.2 Å². The molecule has 3 rings (SSSR count). The molecule has 3 nitrogen and oxygen atoms in total. The van der Waals surface area contributed by atoms with Crippen LogP contribution in [0.25, 0.3) is 0 Å². The summed E-state index contributed by atoms with van der Waals surface area (Å²) in [6.45, 7) is 0.249. The van der Waals surface area contributed by atoms with Crippen LogP contribution in [0.2, 0.25) is 0 Å². The molecule has 84 valence electrons. The van der Waals surface area contributed by atoms with Crippen molar-refractivity contribution in [3.63, 3.8) is 0 Å². The highest BCUT2D eigenvalue weighted by molar-refractivity contribution is 5.53. The average Bonchev–Trinajstić information content (AvgIpc) is 2.76. The van der Waals surface area contributed by atoms with Gasteiger partial charge in [-0.15, -0.1) is 0 Å². The molecular formula is C13H14O3. The molecule has 1 N–H and O–H groups in total. The number of aromatic hydroxyl groups is 1. The molecule has 0 radical (unpaired) electrons. The molecule has 0 fully saturated rings. The maximum Gasteiger partial charge on any atom is 0.231 e. The van der Waals surface area contributed by atoms with Crippen molar-refractivity contribution in [2.75, 3.05) is 6.79 Å². The molecule has 0 bridgehead atoms. The fourth-order valence-electron chi connectivity index (χ4n) is 2.32. The molecular weight excluding hydrogens is 204 g/mol. The quantitative estimate of drug-likeness (QED) is 0.736. The molecule has 1 aromatic rings. The van der Waals surface area contributed by atoms with Crippen LogP contribution in [0.1, 0.15) is 30.7 Å². The van der Waals surface area contributed by atoms with E-state index in [-0.39, 0.29) is 6.79 Å². The molecule has 0 amide bonds. The van der Waals surface area contributed by atoms with Gasteiger partial charge in [-0.2, -0.15) is 0 Å². The highest BCUT2D eigenvalue weighted by atomic mass is 16.7. The zero-order chi connectivity index (χ0) is 11.0. The molecule has 0 saturated carbocycles. The summed E-state index contributed by atoms with van der Waals surface area (Å²) < 4.78 is 10.5. The predicted octanol–water partition coefficient (Wildman–Crippen LogP) is 2.94. The second-order valence-electron chi connectivity index (χ2n) is 4.23. The fourth-order valence-corrected chi connectivity index (χ4v) is 2.32. The Bertz CT molecular complexity index is 437. The van der Waals surface area contributed by atoms with Gasteiger partial charge in [-0.25, -0.2) is 0 Å². The van der Waals surface area contributed by atoms with Crippen molar-refractivity contribution in [2.45, 2.75) is 25.2 Å². The topological polar surface area (TPSA) is 38.7 Å². The van der Waals surface area contributed by atoms with E-state index in [0.29, 0.717) is 17.4 Å². The van der Waals surface area contributed by atoms with Crippen LogP contribution < -0.4 is 9.47 Å². The lowest BCUT2D eigenvalue weighted by Crippen LogP contribution is -1.99. The average molecular weight is 218 g/mol. The summed E-state index contributed by atoms with van der Waals surface area (Å²) in [4.78, 5) is 0. The molecule has 1 atom stereocenters. The first kappa shape index (κ1) is 9.58. The van der Waals surface area contributed by atoms with Crippen LogP contribution in [-0.4, -0.2) is 11.9 Å². The minimum absolute atomic E-state index is 0.249. The van der Waals surface area contributed by atoms with E-state index >= 15 is 0 Å². The Labute approximate surface area is 94.3 Å². The van der Waals surface area contributed by atoms with Crippen molar-refractivity contribution >= 4 is 0 Å². The molecule has 0 saturated heterocycles. The molecule has 1 aromatic carbocycles. The second-order valence-corrected chi connectivity index (χ2v) is 4.23. The van der Waals surface area contributed by atoms with Crippen molar-refractivity contribution in [2.24, 2.45) is 0 Å². The highest BCUT2D eigenvalue weighted by Crippen LogP contribution is 2.42. The summed E-state index contributed by atoms with van der Waals surface area (Å²) in [5.74, 6) is 2.00. The number of phenols is 1. The van der Waals surface area contributed by atoms with E-state index in [1.807, 2.05) is 6.07 Å². The Morgan fingerprint density at radius 2 is 2.00 bits per heavy atom.